The zero-order valence-electron chi connectivity index (χ0n) is 31.0. The van der Waals surface area contributed by atoms with Crippen molar-refractivity contribution >= 4 is 43.4 Å². The van der Waals surface area contributed by atoms with Crippen molar-refractivity contribution in [2.75, 3.05) is 0 Å². The van der Waals surface area contributed by atoms with E-state index in [4.69, 9.17) is 11.8 Å². The van der Waals surface area contributed by atoms with Gasteiger partial charge in [0.05, 0.1) is 20.6 Å². The van der Waals surface area contributed by atoms with E-state index in [1.54, 1.807) is 0 Å². The molecule has 9 rings (SSSR count). The van der Waals surface area contributed by atoms with Crippen LogP contribution in [-0.4, -0.2) is 9.55 Å². The SMILES string of the molecule is [2H]c1c([2H])c([2H])c2c([2H])c(-c3c4ccccc4c(-c4cccc(-n5c(-c6ccccc6)nc6ccccc65)c4)c4ccccc34)c([2H])c([2H])c2c1[2H]. The third-order valence-electron chi connectivity index (χ3n) is 8.42. The predicted molar refractivity (Wildman–Crippen MR) is 190 cm³/mol. The van der Waals surface area contributed by atoms with Crippen molar-refractivity contribution in [2.45, 2.75) is 0 Å². The van der Waals surface area contributed by atoms with E-state index in [-0.39, 0.29) is 40.5 Å². The molecule has 210 valence electrons. The molecule has 1 heterocycles. The molecule has 0 N–H and O–H groups in total. The van der Waals surface area contributed by atoms with Gasteiger partial charge in [-0.15, -0.1) is 0 Å². The van der Waals surface area contributed by atoms with Crippen molar-refractivity contribution in [1.29, 1.82) is 0 Å². The van der Waals surface area contributed by atoms with Gasteiger partial charge in [0.25, 0.3) is 0 Å². The number of nitrogens with zero attached hydrogens (tertiary/aromatic N) is 2. The summed E-state index contributed by atoms with van der Waals surface area (Å²) in [7, 11) is 0. The minimum absolute atomic E-state index is 0.0614. The molecular formula is C43H28N2. The lowest BCUT2D eigenvalue weighted by atomic mass is 9.85. The second kappa shape index (κ2) is 10.3. The molecule has 2 nitrogen and oxygen atoms in total. The quantitative estimate of drug-likeness (QED) is 0.190. The van der Waals surface area contributed by atoms with Crippen LogP contribution in [0.1, 0.15) is 9.60 Å². The first kappa shape index (κ1) is 19.3. The predicted octanol–water partition coefficient (Wildman–Crippen LogP) is 11.5. The third kappa shape index (κ3) is 4.15. The van der Waals surface area contributed by atoms with E-state index in [9.17, 15) is 2.74 Å². The maximum atomic E-state index is 9.39. The minimum Gasteiger partial charge on any atom is -0.292 e. The fraction of sp³-hybridized carbons (Fsp3) is 0. The summed E-state index contributed by atoms with van der Waals surface area (Å²) in [6.45, 7) is 0. The standard InChI is InChI=1S/C43H28N2/c1-2-14-30(15-3-1)43-44-39-23-10-11-24-40(39)45(43)34-18-12-17-32(28-34)41-35-19-6-8-21-37(35)42(38-22-9-7-20-36(38)41)33-26-25-29-13-4-5-16-31(29)27-33/h1-28H/i4D,5D,13D,16D,25D,26D,27D. The lowest BCUT2D eigenvalue weighted by molar-refractivity contribution is 1.10. The number of hydrogen-bond donors (Lipinski definition) is 0. The number of para-hydroxylation sites is 2. The highest BCUT2D eigenvalue weighted by Crippen LogP contribution is 2.44. The van der Waals surface area contributed by atoms with Crippen molar-refractivity contribution in [3.05, 3.63) is 170 Å². The molecule has 0 unspecified atom stereocenters. The Morgan fingerprint density at radius 2 is 1.09 bits per heavy atom. The minimum atomic E-state index is -0.486. The van der Waals surface area contributed by atoms with E-state index in [1.807, 2.05) is 91.0 Å². The average molecular weight is 580 g/mol. The summed E-state index contributed by atoms with van der Waals surface area (Å²) in [5.74, 6) is 0.829. The van der Waals surface area contributed by atoms with Gasteiger partial charge in [0, 0.05) is 11.3 Å². The van der Waals surface area contributed by atoms with E-state index in [0.717, 1.165) is 60.8 Å². The zero-order chi connectivity index (χ0) is 35.8. The van der Waals surface area contributed by atoms with E-state index >= 15 is 0 Å². The maximum absolute atomic E-state index is 9.39. The zero-order valence-corrected chi connectivity index (χ0v) is 24.0. The number of rotatable bonds is 4. The first-order valence-corrected chi connectivity index (χ1v) is 14.8. The van der Waals surface area contributed by atoms with Crippen LogP contribution >= 0.6 is 0 Å². The summed E-state index contributed by atoms with van der Waals surface area (Å²) in [6.07, 6.45) is 0. The van der Waals surface area contributed by atoms with Crippen LogP contribution in [0.2, 0.25) is 0 Å². The lowest BCUT2D eigenvalue weighted by Gasteiger charge is -2.19. The van der Waals surface area contributed by atoms with E-state index in [2.05, 4.69) is 41.0 Å². The normalized spacial score (nSPS) is 13.7. The highest BCUT2D eigenvalue weighted by Gasteiger charge is 2.19. The molecule has 0 radical (unpaired) electrons. The first-order valence-electron chi connectivity index (χ1n) is 18.3. The van der Waals surface area contributed by atoms with Gasteiger partial charge in [0.1, 0.15) is 5.82 Å². The number of hydrogen-bond acceptors (Lipinski definition) is 1. The highest BCUT2D eigenvalue weighted by atomic mass is 15.1. The molecule has 2 heteroatoms. The summed E-state index contributed by atoms with van der Waals surface area (Å²) in [5.41, 5.74) is 6.47. The van der Waals surface area contributed by atoms with Crippen molar-refractivity contribution in [2.24, 2.45) is 0 Å². The molecular weight excluding hydrogens is 544 g/mol. The van der Waals surface area contributed by atoms with Gasteiger partial charge in [0.15, 0.2) is 0 Å². The molecule has 0 aliphatic carbocycles. The smallest absolute Gasteiger partial charge is 0.145 e. The molecule has 0 atom stereocenters. The first-order chi connectivity index (χ1) is 25.3. The third-order valence-corrected chi connectivity index (χ3v) is 8.42. The molecule has 0 bridgehead atoms. The van der Waals surface area contributed by atoms with E-state index < -0.39 is 18.1 Å². The molecule has 9 aromatic rings. The fourth-order valence-corrected chi connectivity index (χ4v) is 6.48. The van der Waals surface area contributed by atoms with Crippen LogP contribution in [0.4, 0.5) is 0 Å². The van der Waals surface area contributed by atoms with Gasteiger partial charge in [0.2, 0.25) is 0 Å². The summed E-state index contributed by atoms with van der Waals surface area (Å²) in [6, 6.07) is 39.7. The maximum Gasteiger partial charge on any atom is 0.145 e. The lowest BCUT2D eigenvalue weighted by Crippen LogP contribution is -1.98. The Balaban J connectivity index is 1.36. The van der Waals surface area contributed by atoms with Crippen LogP contribution in [-0.2, 0) is 0 Å². The number of fused-ring (bicyclic) bond motifs is 4. The second-order valence-electron chi connectivity index (χ2n) is 11.0. The van der Waals surface area contributed by atoms with Gasteiger partial charge >= 0.3 is 0 Å². The molecule has 0 aliphatic rings. The van der Waals surface area contributed by atoms with Crippen LogP contribution in [0, 0.1) is 0 Å². The van der Waals surface area contributed by atoms with Crippen molar-refractivity contribution in [1.82, 2.24) is 9.55 Å². The molecule has 0 aliphatic heterocycles. The van der Waals surface area contributed by atoms with E-state index in [0.29, 0.717) is 5.56 Å². The molecule has 0 amide bonds. The van der Waals surface area contributed by atoms with Gasteiger partial charge < -0.3 is 0 Å². The van der Waals surface area contributed by atoms with Gasteiger partial charge in [-0.25, -0.2) is 4.98 Å². The molecule has 0 fully saturated rings. The Bertz CT molecular complexity index is 2880. The van der Waals surface area contributed by atoms with Crippen LogP contribution in [0.25, 0.3) is 82.7 Å². The number of aromatic nitrogens is 2. The molecule has 0 saturated heterocycles. The number of benzene rings is 8. The van der Waals surface area contributed by atoms with Crippen LogP contribution in [0.5, 0.6) is 0 Å². The summed E-state index contributed by atoms with van der Waals surface area (Å²) in [4.78, 5) is 5.04. The monoisotopic (exact) mass is 579 g/mol. The Kier molecular flexibility index (Phi) is 4.43. The molecule has 1 aromatic heterocycles. The molecule has 45 heavy (non-hydrogen) atoms. The number of imidazole rings is 1. The molecule has 0 saturated carbocycles. The van der Waals surface area contributed by atoms with Crippen LogP contribution < -0.4 is 0 Å². The summed E-state index contributed by atoms with van der Waals surface area (Å²) in [5, 5.41) is 3.12. The highest BCUT2D eigenvalue weighted by molar-refractivity contribution is 6.21. The van der Waals surface area contributed by atoms with Gasteiger partial charge in [-0.05, 0) is 84.9 Å². The second-order valence-corrected chi connectivity index (χ2v) is 11.0. The van der Waals surface area contributed by atoms with Crippen molar-refractivity contribution in [3.8, 4) is 39.3 Å². The van der Waals surface area contributed by atoms with Crippen molar-refractivity contribution in [3.63, 3.8) is 0 Å². The fourth-order valence-electron chi connectivity index (χ4n) is 6.48. The average Bonchev–Trinajstić information content (AvgIpc) is 3.57. The van der Waals surface area contributed by atoms with Crippen molar-refractivity contribution < 1.29 is 9.60 Å². The Morgan fingerprint density at radius 3 is 1.82 bits per heavy atom. The summed E-state index contributed by atoms with van der Waals surface area (Å²) >= 11 is 0. The van der Waals surface area contributed by atoms with E-state index in [1.165, 1.54) is 0 Å². The topological polar surface area (TPSA) is 17.8 Å². The molecule has 8 aromatic carbocycles. The Labute approximate surface area is 271 Å². The van der Waals surface area contributed by atoms with Crippen LogP contribution in [0.3, 0.4) is 0 Å². The summed E-state index contributed by atoms with van der Waals surface area (Å²) < 4.78 is 63.5. The molecule has 0 spiro atoms. The van der Waals surface area contributed by atoms with Gasteiger partial charge in [-0.3, -0.25) is 4.57 Å². The van der Waals surface area contributed by atoms with Gasteiger partial charge in [-0.1, -0.05) is 139 Å². The largest absolute Gasteiger partial charge is 0.292 e. The Hall–Kier alpha value is -5.99. The Morgan fingerprint density at radius 1 is 0.489 bits per heavy atom. The van der Waals surface area contributed by atoms with Crippen LogP contribution in [0.15, 0.2) is 170 Å². The van der Waals surface area contributed by atoms with Gasteiger partial charge in [-0.2, -0.15) is 0 Å².